The van der Waals surface area contributed by atoms with Gasteiger partial charge in [-0.3, -0.25) is 43.5 Å². The number of nitrogens with two attached hydrogens (primary N) is 4. The predicted octanol–water partition coefficient (Wildman–Crippen LogP) is -2.46. The van der Waals surface area contributed by atoms with Gasteiger partial charge in [0, 0.05) is 49.8 Å². The maximum Gasteiger partial charge on any atom is 0.252 e. The number of nitrogens with one attached hydrogen (secondary N) is 5. The molecule has 0 saturated carbocycles. The number of hydrogen-bond donors (Lipinski definition) is 9. The largest absolute Gasteiger partial charge is 0.370 e. The normalized spacial score (nSPS) is 16.9. The summed E-state index contributed by atoms with van der Waals surface area (Å²) in [6.07, 6.45) is 1.72. The summed E-state index contributed by atoms with van der Waals surface area (Å²) in [7, 11) is 0. The van der Waals surface area contributed by atoms with Crippen LogP contribution in [0.5, 0.6) is 0 Å². The third-order valence-electron chi connectivity index (χ3n) is 8.59. The van der Waals surface area contributed by atoms with Gasteiger partial charge in [0.25, 0.3) is 5.91 Å². The Morgan fingerprint density at radius 1 is 0.887 bits per heavy atom. The Kier molecular flexibility index (Phi) is 13.6. The molecule has 13 N–H and O–H groups in total. The third-order valence-corrected chi connectivity index (χ3v) is 8.59. The van der Waals surface area contributed by atoms with Gasteiger partial charge in [0.05, 0.1) is 12.6 Å². The van der Waals surface area contributed by atoms with Crippen LogP contribution in [-0.4, -0.2) is 100 Å². The van der Waals surface area contributed by atoms with Crippen LogP contribution in [0.3, 0.4) is 0 Å². The smallest absolute Gasteiger partial charge is 0.252 e. The van der Waals surface area contributed by atoms with Gasteiger partial charge >= 0.3 is 0 Å². The molecule has 0 bridgehead atoms. The molecule has 1 aliphatic rings. The molecule has 1 aromatic heterocycles. The number of carbonyl (C=O) groups is 7. The number of benzene rings is 2. The summed E-state index contributed by atoms with van der Waals surface area (Å²) in [5.74, 6) is -5.54. The minimum Gasteiger partial charge on any atom is -0.370 e. The maximum absolute atomic E-state index is 14.3. The molecule has 0 radical (unpaired) electrons. The van der Waals surface area contributed by atoms with Crippen LogP contribution in [0.1, 0.15) is 37.3 Å². The van der Waals surface area contributed by atoms with Gasteiger partial charge in [0.15, 0.2) is 5.96 Å². The Morgan fingerprint density at radius 2 is 1.58 bits per heavy atom. The molecule has 1 saturated heterocycles. The molecule has 0 unspecified atom stereocenters. The van der Waals surface area contributed by atoms with Crippen molar-refractivity contribution in [3.05, 3.63) is 71.9 Å². The Hall–Kier alpha value is -6.30. The van der Waals surface area contributed by atoms with Gasteiger partial charge in [0.1, 0.15) is 24.2 Å². The molecule has 7 amide bonds. The van der Waals surface area contributed by atoms with Crippen LogP contribution in [-0.2, 0) is 46.4 Å². The van der Waals surface area contributed by atoms with Crippen molar-refractivity contribution in [2.75, 3.05) is 13.1 Å². The highest BCUT2D eigenvalue weighted by Gasteiger charge is 2.48. The van der Waals surface area contributed by atoms with E-state index >= 15 is 0 Å². The summed E-state index contributed by atoms with van der Waals surface area (Å²) < 4.78 is 0. The fourth-order valence-corrected chi connectivity index (χ4v) is 6.07. The average Bonchev–Trinajstić information content (AvgIpc) is 3.66. The van der Waals surface area contributed by atoms with Crippen LogP contribution in [0.25, 0.3) is 10.9 Å². The molecule has 53 heavy (non-hydrogen) atoms. The Morgan fingerprint density at radius 3 is 2.26 bits per heavy atom. The lowest BCUT2D eigenvalue weighted by Gasteiger charge is -2.29. The number of primary amides is 1. The minimum atomic E-state index is -1.46. The van der Waals surface area contributed by atoms with Gasteiger partial charge in [-0.1, -0.05) is 48.5 Å². The van der Waals surface area contributed by atoms with Crippen LogP contribution in [0.4, 0.5) is 0 Å². The molecule has 18 nitrogen and oxygen atoms in total. The molecule has 1 fully saturated rings. The van der Waals surface area contributed by atoms with E-state index in [0.717, 1.165) is 10.9 Å². The number of nitrogens with zero attached hydrogens (tertiary/aromatic N) is 2. The highest BCUT2D eigenvalue weighted by atomic mass is 16.2. The first-order valence-electron chi connectivity index (χ1n) is 17.0. The van der Waals surface area contributed by atoms with Crippen LogP contribution < -0.4 is 44.2 Å². The molecule has 1 aliphatic heterocycles. The van der Waals surface area contributed by atoms with Crippen LogP contribution in [0, 0.1) is 0 Å². The number of fused-ring (bicyclic) bond motifs is 1. The lowest BCUT2D eigenvalue weighted by atomic mass is 10.0. The van der Waals surface area contributed by atoms with Crippen LogP contribution in [0.2, 0.25) is 0 Å². The molecule has 3 aromatic rings. The van der Waals surface area contributed by atoms with Crippen molar-refractivity contribution >= 4 is 58.2 Å². The zero-order chi connectivity index (χ0) is 38.7. The number of amides is 7. The summed E-state index contributed by atoms with van der Waals surface area (Å²) in [6, 6.07) is 9.52. The van der Waals surface area contributed by atoms with Gasteiger partial charge in [-0.15, -0.1) is 0 Å². The second-order valence-electron chi connectivity index (χ2n) is 12.7. The Balaban J connectivity index is 1.61. The van der Waals surface area contributed by atoms with Crippen LogP contribution in [0.15, 0.2) is 65.8 Å². The topological polar surface area (TPSA) is 303 Å². The fraction of sp³-hybridized carbons (Fsp3) is 0.371. The van der Waals surface area contributed by atoms with Crippen molar-refractivity contribution in [2.45, 2.75) is 69.2 Å². The van der Waals surface area contributed by atoms with Crippen molar-refractivity contribution in [3.63, 3.8) is 0 Å². The molecule has 0 aliphatic carbocycles. The van der Waals surface area contributed by atoms with E-state index in [1.807, 2.05) is 24.3 Å². The van der Waals surface area contributed by atoms with Gasteiger partial charge in [-0.25, -0.2) is 0 Å². The van der Waals surface area contributed by atoms with E-state index in [1.54, 1.807) is 36.5 Å². The second kappa shape index (κ2) is 18.3. The van der Waals surface area contributed by atoms with Gasteiger partial charge < -0.3 is 49.2 Å². The molecule has 0 spiro atoms. The number of carbonyl (C=O) groups excluding carboxylic acids is 7. The van der Waals surface area contributed by atoms with E-state index in [4.69, 9.17) is 22.9 Å². The Bertz CT molecular complexity index is 1860. The highest BCUT2D eigenvalue weighted by Crippen LogP contribution is 2.23. The highest BCUT2D eigenvalue weighted by molar-refractivity contribution is 6.08. The zero-order valence-electron chi connectivity index (χ0n) is 29.2. The first-order chi connectivity index (χ1) is 25.2. The number of H-pyrrole nitrogens is 1. The predicted molar refractivity (Wildman–Crippen MR) is 194 cm³/mol. The maximum atomic E-state index is 14.3. The average molecular weight is 732 g/mol. The van der Waals surface area contributed by atoms with E-state index in [9.17, 15) is 33.6 Å². The summed E-state index contributed by atoms with van der Waals surface area (Å²) >= 11 is 0. The van der Waals surface area contributed by atoms with E-state index in [2.05, 4.69) is 31.2 Å². The van der Waals surface area contributed by atoms with Gasteiger partial charge in [0.2, 0.25) is 35.4 Å². The number of rotatable bonds is 17. The van der Waals surface area contributed by atoms with Gasteiger partial charge in [-0.2, -0.15) is 0 Å². The van der Waals surface area contributed by atoms with Crippen molar-refractivity contribution < 1.29 is 33.6 Å². The number of imide groups is 1. The van der Waals surface area contributed by atoms with Crippen molar-refractivity contribution in [1.82, 2.24) is 31.2 Å². The summed E-state index contributed by atoms with van der Waals surface area (Å²) in [5.41, 5.74) is 24.2. The first kappa shape index (κ1) is 39.5. The van der Waals surface area contributed by atoms with E-state index in [-0.39, 0.29) is 38.2 Å². The van der Waals surface area contributed by atoms with E-state index < -0.39 is 78.1 Å². The fourth-order valence-electron chi connectivity index (χ4n) is 6.07. The number of para-hydroxylation sites is 1. The molecule has 5 atom stereocenters. The van der Waals surface area contributed by atoms with Crippen molar-refractivity contribution in [3.8, 4) is 0 Å². The van der Waals surface area contributed by atoms with Gasteiger partial charge in [-0.05, 0) is 30.0 Å². The number of hydrogen-bond acceptors (Lipinski definition) is 9. The molecule has 18 heteroatoms. The Labute approximate surface area is 304 Å². The second-order valence-corrected chi connectivity index (χ2v) is 12.7. The lowest BCUT2D eigenvalue weighted by molar-refractivity contribution is -0.150. The molecule has 2 heterocycles. The standard InChI is InChI=1S/C35H45N11O7/c1-19(47)43-25(12-7-13-40-35(38)39)31(50)45-27(14-20-8-3-2-4-9-20)34(53)46-28(16-23(36)33(46)52)32(51)44-26(30(49)42-18-29(37)48)15-21-17-41-24-11-6-5-10-22(21)24/h2-6,8-11,17,23,25-28,41H,7,12-16,18,36H2,1H3,(H2,37,48)(H,42,49)(H,43,47)(H,44,51)(H,45,50)(H4,38,39,40)/t23-,25-,26-,27-,28+/m0/s1. The molecule has 4 rings (SSSR count). The first-order valence-corrected chi connectivity index (χ1v) is 17.0. The van der Waals surface area contributed by atoms with Crippen molar-refractivity contribution in [1.29, 1.82) is 0 Å². The minimum absolute atomic E-state index is 0.0264. The molecular weight excluding hydrogens is 686 g/mol. The summed E-state index contributed by atoms with van der Waals surface area (Å²) in [4.78, 5) is 99.8. The SMILES string of the molecule is CC(=O)N[C@@H](CCCN=C(N)N)C(=O)N[C@@H](Cc1ccccc1)C(=O)N1C(=O)[C@@H](N)C[C@@H]1C(=O)N[C@@H](Cc1c[nH]c2ccccc12)C(=O)NCC(N)=O. The summed E-state index contributed by atoms with van der Waals surface area (Å²) in [5, 5.41) is 11.0. The van der Waals surface area contributed by atoms with E-state index in [0.29, 0.717) is 22.4 Å². The number of aromatic amines is 1. The lowest BCUT2D eigenvalue weighted by Crippen LogP contribution is -2.59. The molecule has 2 aromatic carbocycles. The monoisotopic (exact) mass is 731 g/mol. The van der Waals surface area contributed by atoms with Crippen LogP contribution >= 0.6 is 0 Å². The molecule has 282 valence electrons. The number of likely N-dealkylation sites (tertiary alicyclic amines) is 1. The molecular formula is C35H45N11O7. The summed E-state index contributed by atoms with van der Waals surface area (Å²) in [6.45, 7) is 0.915. The number of aliphatic imine (C=N–C) groups is 1. The number of aromatic nitrogens is 1. The van der Waals surface area contributed by atoms with E-state index in [1.165, 1.54) is 6.92 Å². The quantitative estimate of drug-likeness (QED) is 0.0401. The third kappa shape index (κ3) is 10.8. The van der Waals surface area contributed by atoms with Crippen molar-refractivity contribution in [2.24, 2.45) is 27.9 Å². The zero-order valence-corrected chi connectivity index (χ0v) is 29.2. The number of guanidine groups is 1.